The van der Waals surface area contributed by atoms with E-state index in [9.17, 15) is 18.8 Å². The number of amides is 3. The van der Waals surface area contributed by atoms with Crippen LogP contribution in [0.25, 0.3) is 0 Å². The van der Waals surface area contributed by atoms with Gasteiger partial charge in [0.2, 0.25) is 0 Å². The molecule has 1 N–H and O–H groups in total. The van der Waals surface area contributed by atoms with Gasteiger partial charge >= 0.3 is 6.03 Å². The lowest BCUT2D eigenvalue weighted by Gasteiger charge is -2.35. The summed E-state index contributed by atoms with van der Waals surface area (Å²) in [5.74, 6) is -0.454. The van der Waals surface area contributed by atoms with E-state index in [0.717, 1.165) is 11.1 Å². The first kappa shape index (κ1) is 30.7. The smallest absolute Gasteiger partial charge is 0.322 e. The van der Waals surface area contributed by atoms with Gasteiger partial charge in [0.15, 0.2) is 5.78 Å². The number of ketones is 1. The van der Waals surface area contributed by atoms with Crippen LogP contribution in [0.1, 0.15) is 67.3 Å². The minimum Gasteiger partial charge on any atom is -0.374 e. The fraction of sp³-hybridized carbons (Fsp3) is 0.531. The lowest BCUT2D eigenvalue weighted by molar-refractivity contribution is -0.0355. The minimum absolute atomic E-state index is 0.0483. The van der Waals surface area contributed by atoms with Crippen LogP contribution in [0.15, 0.2) is 42.5 Å². The molecule has 9 heteroatoms. The van der Waals surface area contributed by atoms with Gasteiger partial charge in [0.25, 0.3) is 5.91 Å². The number of morpholine rings is 1. The highest BCUT2D eigenvalue weighted by molar-refractivity contribution is 5.97. The molecule has 0 spiro atoms. The van der Waals surface area contributed by atoms with Crippen molar-refractivity contribution in [2.75, 3.05) is 51.2 Å². The number of rotatable bonds is 7. The van der Waals surface area contributed by atoms with Gasteiger partial charge in [-0.25, -0.2) is 9.18 Å². The van der Waals surface area contributed by atoms with Crippen molar-refractivity contribution in [3.05, 3.63) is 65.0 Å². The van der Waals surface area contributed by atoms with Crippen molar-refractivity contribution in [1.82, 2.24) is 14.7 Å². The number of ether oxygens (including phenoxy) is 1. The number of halogens is 1. The van der Waals surface area contributed by atoms with Gasteiger partial charge in [0.05, 0.1) is 18.4 Å². The molecule has 2 aromatic carbocycles. The first-order valence-corrected chi connectivity index (χ1v) is 14.5. The maximum atomic E-state index is 14.9. The molecule has 2 heterocycles. The Hall–Kier alpha value is -3.30. The van der Waals surface area contributed by atoms with Crippen LogP contribution in [-0.4, -0.2) is 84.4 Å². The lowest BCUT2D eigenvalue weighted by atomic mass is 9.87. The summed E-state index contributed by atoms with van der Waals surface area (Å²) < 4.78 is 20.6. The number of nitrogens with one attached hydrogen (secondary N) is 1. The Bertz CT molecular complexity index is 1250. The quantitative estimate of drug-likeness (QED) is 0.461. The number of hydrogen-bond acceptors (Lipinski definition) is 5. The SMILES string of the molecule is CC(C)C1CN(C(=O)Nc2ccc(C(=O)N3CCN(Cc4cccc(C(=O)CC(C)(C)C)c4)CC3)cc2F)CCO1. The fourth-order valence-electron chi connectivity index (χ4n) is 5.18. The van der Waals surface area contributed by atoms with Gasteiger partial charge in [0.1, 0.15) is 5.82 Å². The molecule has 1 unspecified atom stereocenters. The number of anilines is 1. The van der Waals surface area contributed by atoms with E-state index in [4.69, 9.17) is 4.74 Å². The van der Waals surface area contributed by atoms with E-state index in [2.05, 4.69) is 31.0 Å². The Balaban J connectivity index is 1.29. The van der Waals surface area contributed by atoms with Gasteiger partial charge in [-0.1, -0.05) is 52.8 Å². The molecule has 1 atom stereocenters. The Kier molecular flexibility index (Phi) is 9.81. The van der Waals surface area contributed by atoms with Gasteiger partial charge in [0, 0.05) is 63.4 Å². The van der Waals surface area contributed by atoms with Gasteiger partial charge in [-0.3, -0.25) is 14.5 Å². The zero-order chi connectivity index (χ0) is 29.7. The molecule has 2 aliphatic heterocycles. The maximum absolute atomic E-state index is 14.9. The summed E-state index contributed by atoms with van der Waals surface area (Å²) in [6.07, 6.45) is 0.449. The Morgan fingerprint density at radius 1 is 0.976 bits per heavy atom. The summed E-state index contributed by atoms with van der Waals surface area (Å²) in [6, 6.07) is 11.6. The molecular formula is C32H43FN4O4. The minimum atomic E-state index is -0.641. The zero-order valence-corrected chi connectivity index (χ0v) is 24.9. The molecular weight excluding hydrogens is 523 g/mol. The summed E-state index contributed by atoms with van der Waals surface area (Å²) in [5, 5.41) is 2.64. The third-order valence-corrected chi connectivity index (χ3v) is 7.59. The number of hydrogen-bond donors (Lipinski definition) is 1. The van der Waals surface area contributed by atoms with Gasteiger partial charge < -0.3 is 19.9 Å². The Labute approximate surface area is 242 Å². The molecule has 222 valence electrons. The van der Waals surface area contributed by atoms with Crippen LogP contribution >= 0.6 is 0 Å². The van der Waals surface area contributed by atoms with Crippen LogP contribution in [-0.2, 0) is 11.3 Å². The van der Waals surface area contributed by atoms with Crippen molar-refractivity contribution in [2.24, 2.45) is 11.3 Å². The van der Waals surface area contributed by atoms with Crippen molar-refractivity contribution in [3.63, 3.8) is 0 Å². The first-order valence-electron chi connectivity index (χ1n) is 14.5. The van der Waals surface area contributed by atoms with E-state index >= 15 is 0 Å². The predicted molar refractivity (Wildman–Crippen MR) is 158 cm³/mol. The molecule has 0 bridgehead atoms. The van der Waals surface area contributed by atoms with Crippen LogP contribution in [0, 0.1) is 17.2 Å². The molecule has 0 saturated carbocycles. The molecule has 41 heavy (non-hydrogen) atoms. The highest BCUT2D eigenvalue weighted by Crippen LogP contribution is 2.23. The second-order valence-electron chi connectivity index (χ2n) is 12.7. The molecule has 2 fully saturated rings. The van der Waals surface area contributed by atoms with Crippen molar-refractivity contribution in [1.29, 1.82) is 0 Å². The molecule has 0 aromatic heterocycles. The van der Waals surface area contributed by atoms with Crippen LogP contribution in [0.2, 0.25) is 0 Å². The number of urea groups is 1. The molecule has 0 radical (unpaired) electrons. The average molecular weight is 567 g/mol. The van der Waals surface area contributed by atoms with Crippen molar-refractivity contribution in [2.45, 2.75) is 53.7 Å². The van der Waals surface area contributed by atoms with Crippen LogP contribution in [0.3, 0.4) is 0 Å². The third-order valence-electron chi connectivity index (χ3n) is 7.59. The third kappa shape index (κ3) is 8.36. The number of Topliss-reactive ketones (excluding diaryl/α,β-unsaturated/α-hetero) is 1. The van der Waals surface area contributed by atoms with Crippen LogP contribution in [0.4, 0.5) is 14.9 Å². The average Bonchev–Trinajstić information content (AvgIpc) is 2.93. The van der Waals surface area contributed by atoms with E-state index in [1.54, 1.807) is 15.9 Å². The van der Waals surface area contributed by atoms with Crippen LogP contribution < -0.4 is 5.32 Å². The van der Waals surface area contributed by atoms with Gasteiger partial charge in [-0.15, -0.1) is 0 Å². The molecule has 0 aliphatic carbocycles. The van der Waals surface area contributed by atoms with E-state index < -0.39 is 5.82 Å². The van der Waals surface area contributed by atoms with Gasteiger partial charge in [-0.05, 0) is 41.2 Å². The fourth-order valence-corrected chi connectivity index (χ4v) is 5.18. The van der Waals surface area contributed by atoms with E-state index in [1.165, 1.54) is 12.1 Å². The van der Waals surface area contributed by atoms with E-state index in [1.807, 2.05) is 38.1 Å². The van der Waals surface area contributed by atoms with Crippen molar-refractivity contribution in [3.8, 4) is 0 Å². The number of piperazine rings is 1. The summed E-state index contributed by atoms with van der Waals surface area (Å²) in [4.78, 5) is 44.1. The summed E-state index contributed by atoms with van der Waals surface area (Å²) in [7, 11) is 0. The molecule has 2 saturated heterocycles. The second kappa shape index (κ2) is 13.1. The summed E-state index contributed by atoms with van der Waals surface area (Å²) in [6.45, 7) is 14.7. The normalized spacial score (nSPS) is 18.5. The first-order chi connectivity index (χ1) is 19.4. The zero-order valence-electron chi connectivity index (χ0n) is 24.9. The van der Waals surface area contributed by atoms with Crippen molar-refractivity contribution >= 4 is 23.4 Å². The topological polar surface area (TPSA) is 82.2 Å². The lowest BCUT2D eigenvalue weighted by Crippen LogP contribution is -2.49. The molecule has 3 amide bonds. The van der Waals surface area contributed by atoms with Gasteiger partial charge in [-0.2, -0.15) is 0 Å². The van der Waals surface area contributed by atoms with E-state index in [0.29, 0.717) is 58.8 Å². The largest absolute Gasteiger partial charge is 0.374 e. The number of carbonyl (C=O) groups excluding carboxylic acids is 3. The standard InChI is InChI=1S/C32H43FN4O4/c1-22(2)29-21-37(15-16-41-29)31(40)34-27-10-9-25(18-26(27)33)30(39)36-13-11-35(12-14-36)20-23-7-6-8-24(17-23)28(38)19-32(3,4)5/h6-10,17-18,22,29H,11-16,19-21H2,1-5H3,(H,34,40). The van der Waals surface area contributed by atoms with E-state index in [-0.39, 0.29) is 46.4 Å². The highest BCUT2D eigenvalue weighted by Gasteiger charge is 2.27. The second-order valence-corrected chi connectivity index (χ2v) is 12.7. The number of nitrogens with zero attached hydrogens (tertiary/aromatic N) is 3. The molecule has 8 nitrogen and oxygen atoms in total. The monoisotopic (exact) mass is 566 g/mol. The number of benzene rings is 2. The Morgan fingerprint density at radius 3 is 2.37 bits per heavy atom. The summed E-state index contributed by atoms with van der Waals surface area (Å²) in [5.41, 5.74) is 2.05. The Morgan fingerprint density at radius 2 is 1.71 bits per heavy atom. The van der Waals surface area contributed by atoms with Crippen LogP contribution in [0.5, 0.6) is 0 Å². The molecule has 2 aromatic rings. The molecule has 4 rings (SSSR count). The highest BCUT2D eigenvalue weighted by atomic mass is 19.1. The van der Waals surface area contributed by atoms with Crippen molar-refractivity contribution < 1.29 is 23.5 Å². The summed E-state index contributed by atoms with van der Waals surface area (Å²) >= 11 is 0. The number of carbonyl (C=O) groups is 3. The maximum Gasteiger partial charge on any atom is 0.322 e. The molecule has 2 aliphatic rings. The predicted octanol–water partition coefficient (Wildman–Crippen LogP) is 5.29.